The van der Waals surface area contributed by atoms with Crippen LogP contribution in [0.1, 0.15) is 5.56 Å². The van der Waals surface area contributed by atoms with Crippen LogP contribution in [0.15, 0.2) is 18.2 Å². The maximum atomic E-state index is 10.3. The molecule has 0 aliphatic heterocycles. The van der Waals surface area contributed by atoms with Crippen LogP contribution in [-0.2, 0) is 11.2 Å². The van der Waals surface area contributed by atoms with Gasteiger partial charge in [-0.05, 0) is 6.07 Å². The van der Waals surface area contributed by atoms with Gasteiger partial charge in [0.25, 0.3) is 0 Å². The highest BCUT2D eigenvalue weighted by atomic mass is 35.5. The standard InChI is InChI=1S/C9H9ClO2/c1-12-9-7(5-6-11)3-2-4-8(9)10/h2-4,6H,5H2,1H3. The molecular weight excluding hydrogens is 176 g/mol. The summed E-state index contributed by atoms with van der Waals surface area (Å²) in [5, 5.41) is 0.539. The van der Waals surface area contributed by atoms with Gasteiger partial charge in [0.15, 0.2) is 0 Å². The second-order valence-corrected chi connectivity index (χ2v) is 2.71. The summed E-state index contributed by atoms with van der Waals surface area (Å²) in [7, 11) is 1.54. The second kappa shape index (κ2) is 4.12. The van der Waals surface area contributed by atoms with Crippen LogP contribution in [-0.4, -0.2) is 13.4 Å². The number of ether oxygens (including phenoxy) is 1. The molecule has 3 heteroatoms. The van der Waals surface area contributed by atoms with E-state index in [0.717, 1.165) is 11.8 Å². The van der Waals surface area contributed by atoms with Gasteiger partial charge in [-0.3, -0.25) is 0 Å². The molecule has 0 bridgehead atoms. The number of methoxy groups -OCH3 is 1. The number of carbonyl (C=O) groups is 1. The van der Waals surface area contributed by atoms with Crippen LogP contribution in [0.2, 0.25) is 5.02 Å². The lowest BCUT2D eigenvalue weighted by Gasteiger charge is -2.06. The Morgan fingerprint density at radius 3 is 2.92 bits per heavy atom. The lowest BCUT2D eigenvalue weighted by atomic mass is 10.1. The number of para-hydroxylation sites is 1. The zero-order valence-corrected chi connectivity index (χ0v) is 7.47. The summed E-state index contributed by atoms with van der Waals surface area (Å²) in [6.07, 6.45) is 1.16. The number of aldehydes is 1. The van der Waals surface area contributed by atoms with Crippen molar-refractivity contribution in [3.8, 4) is 5.75 Å². The van der Waals surface area contributed by atoms with E-state index in [1.165, 1.54) is 7.11 Å². The average Bonchev–Trinajstić information content (AvgIpc) is 2.05. The number of rotatable bonds is 3. The van der Waals surface area contributed by atoms with Crippen molar-refractivity contribution in [3.63, 3.8) is 0 Å². The molecule has 0 saturated heterocycles. The van der Waals surface area contributed by atoms with Gasteiger partial charge in [-0.25, -0.2) is 0 Å². The Bertz CT molecular complexity index is 284. The molecular formula is C9H9ClO2. The van der Waals surface area contributed by atoms with Crippen molar-refractivity contribution in [2.24, 2.45) is 0 Å². The highest BCUT2D eigenvalue weighted by molar-refractivity contribution is 6.32. The Morgan fingerprint density at radius 1 is 1.58 bits per heavy atom. The number of benzene rings is 1. The highest BCUT2D eigenvalue weighted by Gasteiger charge is 2.05. The third-order valence-corrected chi connectivity index (χ3v) is 1.85. The van der Waals surface area contributed by atoms with Crippen LogP contribution in [0.25, 0.3) is 0 Å². The summed E-state index contributed by atoms with van der Waals surface area (Å²) < 4.78 is 5.04. The zero-order valence-electron chi connectivity index (χ0n) is 6.71. The molecule has 0 spiro atoms. The van der Waals surface area contributed by atoms with Gasteiger partial charge in [-0.1, -0.05) is 23.7 Å². The lowest BCUT2D eigenvalue weighted by molar-refractivity contribution is -0.107. The van der Waals surface area contributed by atoms with Crippen LogP contribution in [0, 0.1) is 0 Å². The average molecular weight is 185 g/mol. The third kappa shape index (κ3) is 1.77. The summed E-state index contributed by atoms with van der Waals surface area (Å²) in [4.78, 5) is 10.3. The van der Waals surface area contributed by atoms with E-state index >= 15 is 0 Å². The van der Waals surface area contributed by atoms with Crippen LogP contribution in [0.3, 0.4) is 0 Å². The smallest absolute Gasteiger partial charge is 0.141 e. The number of halogens is 1. The normalized spacial score (nSPS) is 9.50. The van der Waals surface area contributed by atoms with Gasteiger partial charge in [-0.15, -0.1) is 0 Å². The number of carbonyl (C=O) groups excluding carboxylic acids is 1. The van der Waals surface area contributed by atoms with E-state index in [-0.39, 0.29) is 0 Å². The van der Waals surface area contributed by atoms with E-state index in [1.54, 1.807) is 12.1 Å². The summed E-state index contributed by atoms with van der Waals surface area (Å²) in [5.41, 5.74) is 0.819. The molecule has 0 aromatic heterocycles. The molecule has 0 radical (unpaired) electrons. The minimum atomic E-state index is 0.337. The highest BCUT2D eigenvalue weighted by Crippen LogP contribution is 2.27. The molecule has 2 nitrogen and oxygen atoms in total. The molecule has 64 valence electrons. The van der Waals surface area contributed by atoms with Crippen molar-refractivity contribution in [2.75, 3.05) is 7.11 Å². The first-order valence-corrected chi connectivity index (χ1v) is 3.92. The maximum Gasteiger partial charge on any atom is 0.141 e. The van der Waals surface area contributed by atoms with Crippen molar-refractivity contribution in [3.05, 3.63) is 28.8 Å². The van der Waals surface area contributed by atoms with Gasteiger partial charge in [0.05, 0.1) is 12.1 Å². The van der Waals surface area contributed by atoms with Crippen molar-refractivity contribution >= 4 is 17.9 Å². The van der Waals surface area contributed by atoms with Gasteiger partial charge < -0.3 is 9.53 Å². The molecule has 0 fully saturated rings. The van der Waals surface area contributed by atoms with E-state index in [1.807, 2.05) is 6.07 Å². The van der Waals surface area contributed by atoms with Crippen molar-refractivity contribution in [2.45, 2.75) is 6.42 Å². The van der Waals surface area contributed by atoms with Gasteiger partial charge in [0.2, 0.25) is 0 Å². The molecule has 0 heterocycles. The number of hydrogen-bond acceptors (Lipinski definition) is 2. The van der Waals surface area contributed by atoms with E-state index in [9.17, 15) is 4.79 Å². The fraction of sp³-hybridized carbons (Fsp3) is 0.222. The fourth-order valence-corrected chi connectivity index (χ4v) is 1.30. The van der Waals surface area contributed by atoms with Crippen molar-refractivity contribution in [1.82, 2.24) is 0 Å². The predicted octanol–water partition coefficient (Wildman–Crippen LogP) is 2.09. The minimum absolute atomic E-state index is 0.337. The van der Waals surface area contributed by atoms with Crippen LogP contribution in [0.5, 0.6) is 5.75 Å². The van der Waals surface area contributed by atoms with E-state index in [2.05, 4.69) is 0 Å². The Balaban J connectivity index is 3.08. The molecule has 12 heavy (non-hydrogen) atoms. The van der Waals surface area contributed by atoms with E-state index in [0.29, 0.717) is 17.2 Å². The Hall–Kier alpha value is -1.02. The lowest BCUT2D eigenvalue weighted by Crippen LogP contribution is -1.93. The zero-order chi connectivity index (χ0) is 8.97. The van der Waals surface area contributed by atoms with Crippen LogP contribution >= 0.6 is 11.6 Å². The Labute approximate surface area is 76.1 Å². The Morgan fingerprint density at radius 2 is 2.33 bits per heavy atom. The first kappa shape index (κ1) is 9.07. The molecule has 0 N–H and O–H groups in total. The first-order chi connectivity index (χ1) is 5.79. The predicted molar refractivity (Wildman–Crippen MR) is 47.8 cm³/mol. The molecule has 1 aromatic rings. The summed E-state index contributed by atoms with van der Waals surface area (Å²) in [6.45, 7) is 0. The summed E-state index contributed by atoms with van der Waals surface area (Å²) in [6, 6.07) is 5.34. The third-order valence-electron chi connectivity index (χ3n) is 1.56. The molecule has 0 aliphatic rings. The van der Waals surface area contributed by atoms with Crippen LogP contribution in [0.4, 0.5) is 0 Å². The monoisotopic (exact) mass is 184 g/mol. The van der Waals surface area contributed by atoms with Crippen molar-refractivity contribution < 1.29 is 9.53 Å². The van der Waals surface area contributed by atoms with E-state index < -0.39 is 0 Å². The molecule has 0 amide bonds. The quantitative estimate of drug-likeness (QED) is 0.673. The maximum absolute atomic E-state index is 10.3. The number of hydrogen-bond donors (Lipinski definition) is 0. The SMILES string of the molecule is COc1c(Cl)cccc1CC=O. The van der Waals surface area contributed by atoms with Crippen molar-refractivity contribution in [1.29, 1.82) is 0 Å². The van der Waals surface area contributed by atoms with Gasteiger partial charge in [0.1, 0.15) is 12.0 Å². The summed E-state index contributed by atoms with van der Waals surface area (Å²) in [5.74, 6) is 0.589. The largest absolute Gasteiger partial charge is 0.495 e. The molecule has 0 unspecified atom stereocenters. The molecule has 0 saturated carbocycles. The topological polar surface area (TPSA) is 26.3 Å². The van der Waals surface area contributed by atoms with Gasteiger partial charge in [0, 0.05) is 12.0 Å². The minimum Gasteiger partial charge on any atom is -0.495 e. The fourth-order valence-electron chi connectivity index (χ4n) is 1.03. The van der Waals surface area contributed by atoms with E-state index in [4.69, 9.17) is 16.3 Å². The van der Waals surface area contributed by atoms with Gasteiger partial charge >= 0.3 is 0 Å². The molecule has 0 aliphatic carbocycles. The Kier molecular flexibility index (Phi) is 3.11. The molecule has 1 aromatic carbocycles. The summed E-state index contributed by atoms with van der Waals surface area (Å²) >= 11 is 5.82. The molecule has 1 rings (SSSR count). The van der Waals surface area contributed by atoms with Gasteiger partial charge in [-0.2, -0.15) is 0 Å². The second-order valence-electron chi connectivity index (χ2n) is 2.30. The van der Waals surface area contributed by atoms with Crippen LogP contribution < -0.4 is 4.74 Å². The molecule has 0 atom stereocenters. The first-order valence-electron chi connectivity index (χ1n) is 3.54.